The van der Waals surface area contributed by atoms with Gasteiger partial charge >= 0.3 is 0 Å². The quantitative estimate of drug-likeness (QED) is 0.668. The van der Waals surface area contributed by atoms with Gasteiger partial charge in [-0.05, 0) is 12.8 Å². The molecule has 1 aliphatic heterocycles. The molecule has 0 unspecified atom stereocenters. The van der Waals surface area contributed by atoms with Crippen LogP contribution in [-0.2, 0) is 14.6 Å². The predicted octanol–water partition coefficient (Wildman–Crippen LogP) is -0.690. The maximum atomic E-state index is 11.5. The molecule has 0 aliphatic carbocycles. The topological polar surface area (TPSA) is 80.5 Å². The predicted molar refractivity (Wildman–Crippen MR) is 61.3 cm³/mol. The molecule has 0 aromatic carbocycles. The second kappa shape index (κ2) is 4.89. The Morgan fingerprint density at radius 2 is 1.80 bits per heavy atom. The summed E-state index contributed by atoms with van der Waals surface area (Å²) in [7, 11) is -3.47. The average molecular weight is 250 g/mol. The highest BCUT2D eigenvalue weighted by molar-refractivity contribution is 7.94. The number of rotatable bonds is 4. The van der Waals surface area contributed by atoms with Crippen LogP contribution in [0.15, 0.2) is 0 Å². The summed E-state index contributed by atoms with van der Waals surface area (Å²) in [5, 5.41) is 0. The van der Waals surface area contributed by atoms with Crippen LogP contribution in [0.25, 0.3) is 0 Å². The molecule has 0 aromatic heterocycles. The van der Waals surface area contributed by atoms with Crippen LogP contribution in [0.1, 0.15) is 12.8 Å². The summed E-state index contributed by atoms with van der Waals surface area (Å²) in [6, 6.07) is 0. The number of hydrogen-bond acceptors (Lipinski definition) is 4. The van der Waals surface area contributed by atoms with E-state index in [1.165, 1.54) is 0 Å². The summed E-state index contributed by atoms with van der Waals surface area (Å²) < 4.78 is 22.8. The highest BCUT2D eigenvalue weighted by atomic mass is 32.2. The molecule has 0 atom stereocenters. The highest BCUT2D eigenvalue weighted by Crippen LogP contribution is 2.08. The lowest BCUT2D eigenvalue weighted by atomic mass is 10.4. The molecule has 7 heteroatoms. The summed E-state index contributed by atoms with van der Waals surface area (Å²) >= 11 is 4.50. The summed E-state index contributed by atoms with van der Waals surface area (Å²) in [5.41, 5.74) is 5.14. The van der Waals surface area contributed by atoms with Gasteiger partial charge in [0, 0.05) is 13.1 Å². The lowest BCUT2D eigenvalue weighted by Gasteiger charge is -2.14. The zero-order valence-electron chi connectivity index (χ0n) is 8.31. The molecular weight excluding hydrogens is 236 g/mol. The Bertz CT molecular complexity index is 358. The molecule has 1 aliphatic rings. The molecule has 5 nitrogen and oxygen atoms in total. The minimum absolute atomic E-state index is 0.0933. The Balaban J connectivity index is 2.53. The Morgan fingerprint density at radius 1 is 1.27 bits per heavy atom. The highest BCUT2D eigenvalue weighted by Gasteiger charge is 2.24. The first-order chi connectivity index (χ1) is 6.91. The number of sulfone groups is 1. The van der Waals surface area contributed by atoms with Crippen molar-refractivity contribution in [3.05, 3.63) is 0 Å². The molecule has 2 N–H and O–H groups in total. The van der Waals surface area contributed by atoms with Gasteiger partial charge < -0.3 is 10.6 Å². The third-order valence-corrected chi connectivity index (χ3v) is 3.93. The molecule has 86 valence electrons. The van der Waals surface area contributed by atoms with E-state index in [-0.39, 0.29) is 16.6 Å². The molecule has 0 radical (unpaired) electrons. The van der Waals surface area contributed by atoms with Crippen LogP contribution < -0.4 is 5.73 Å². The van der Waals surface area contributed by atoms with Crippen LogP contribution in [0.3, 0.4) is 0 Å². The molecular formula is C8H14N2O3S2. The number of hydrogen-bond donors (Lipinski definition) is 1. The molecule has 1 amide bonds. The van der Waals surface area contributed by atoms with Crippen molar-refractivity contribution in [3.8, 4) is 0 Å². The fraction of sp³-hybridized carbons (Fsp3) is 0.750. The molecule has 1 fully saturated rings. The van der Waals surface area contributed by atoms with Crippen LogP contribution in [0.5, 0.6) is 0 Å². The Labute approximate surface area is 94.5 Å². The Morgan fingerprint density at radius 3 is 2.27 bits per heavy atom. The SMILES string of the molecule is NC(=S)CS(=O)(=O)CC(=O)N1CCCC1. The lowest BCUT2D eigenvalue weighted by molar-refractivity contribution is -0.127. The van der Waals surface area contributed by atoms with Crippen LogP contribution in [-0.4, -0.2) is 48.8 Å². The molecule has 0 saturated carbocycles. The van der Waals surface area contributed by atoms with E-state index in [2.05, 4.69) is 12.2 Å². The van der Waals surface area contributed by atoms with Gasteiger partial charge in [0.2, 0.25) is 5.91 Å². The first kappa shape index (κ1) is 12.4. The van der Waals surface area contributed by atoms with E-state index in [1.807, 2.05) is 0 Å². The van der Waals surface area contributed by atoms with E-state index in [0.29, 0.717) is 13.1 Å². The maximum Gasteiger partial charge on any atom is 0.237 e. The average Bonchev–Trinajstić information content (AvgIpc) is 2.50. The van der Waals surface area contributed by atoms with E-state index < -0.39 is 15.6 Å². The number of amides is 1. The first-order valence-electron chi connectivity index (χ1n) is 4.67. The first-order valence-corrected chi connectivity index (χ1v) is 6.90. The third kappa shape index (κ3) is 4.13. The second-order valence-electron chi connectivity index (χ2n) is 3.59. The summed E-state index contributed by atoms with van der Waals surface area (Å²) in [6.07, 6.45) is 1.89. The van der Waals surface area contributed by atoms with Crippen molar-refractivity contribution in [1.29, 1.82) is 0 Å². The number of carbonyl (C=O) groups excluding carboxylic acids is 1. The van der Waals surface area contributed by atoms with Crippen molar-refractivity contribution >= 4 is 33.0 Å². The van der Waals surface area contributed by atoms with E-state index in [9.17, 15) is 13.2 Å². The molecule has 1 saturated heterocycles. The molecule has 0 spiro atoms. The minimum atomic E-state index is -3.47. The van der Waals surface area contributed by atoms with Gasteiger partial charge in [-0.25, -0.2) is 8.42 Å². The monoisotopic (exact) mass is 250 g/mol. The van der Waals surface area contributed by atoms with Crippen molar-refractivity contribution in [2.75, 3.05) is 24.6 Å². The van der Waals surface area contributed by atoms with Crippen molar-refractivity contribution in [1.82, 2.24) is 4.90 Å². The summed E-state index contributed by atoms with van der Waals surface area (Å²) in [5.74, 6) is -1.21. The van der Waals surface area contributed by atoms with Crippen LogP contribution >= 0.6 is 12.2 Å². The standard InChI is InChI=1S/C8H14N2O3S2/c9-7(14)5-15(12,13)6-8(11)10-3-1-2-4-10/h1-6H2,(H2,9,14). The zero-order valence-corrected chi connectivity index (χ0v) is 9.94. The van der Waals surface area contributed by atoms with Gasteiger partial charge in [0.15, 0.2) is 9.84 Å². The number of thiocarbonyl (C=S) groups is 1. The Hall–Kier alpha value is -0.690. The van der Waals surface area contributed by atoms with Crippen molar-refractivity contribution in [2.45, 2.75) is 12.8 Å². The van der Waals surface area contributed by atoms with E-state index in [1.54, 1.807) is 4.90 Å². The van der Waals surface area contributed by atoms with Gasteiger partial charge in [-0.2, -0.15) is 0 Å². The normalized spacial score (nSPS) is 16.7. The zero-order chi connectivity index (χ0) is 11.5. The van der Waals surface area contributed by atoms with E-state index >= 15 is 0 Å². The van der Waals surface area contributed by atoms with E-state index in [4.69, 9.17) is 5.73 Å². The van der Waals surface area contributed by atoms with Gasteiger partial charge in [-0.3, -0.25) is 4.79 Å². The fourth-order valence-electron chi connectivity index (χ4n) is 1.51. The van der Waals surface area contributed by atoms with Crippen molar-refractivity contribution in [3.63, 3.8) is 0 Å². The van der Waals surface area contributed by atoms with Crippen molar-refractivity contribution < 1.29 is 13.2 Å². The largest absolute Gasteiger partial charge is 0.392 e. The third-order valence-electron chi connectivity index (χ3n) is 2.16. The lowest BCUT2D eigenvalue weighted by Crippen LogP contribution is -2.35. The van der Waals surface area contributed by atoms with Crippen LogP contribution in [0.4, 0.5) is 0 Å². The van der Waals surface area contributed by atoms with Gasteiger partial charge in [-0.15, -0.1) is 0 Å². The molecule has 0 bridgehead atoms. The van der Waals surface area contributed by atoms with Gasteiger partial charge in [-0.1, -0.05) is 12.2 Å². The summed E-state index contributed by atoms with van der Waals surface area (Å²) in [4.78, 5) is 13.0. The summed E-state index contributed by atoms with van der Waals surface area (Å²) in [6.45, 7) is 1.31. The van der Waals surface area contributed by atoms with Gasteiger partial charge in [0.05, 0.1) is 4.99 Å². The fourth-order valence-corrected chi connectivity index (χ4v) is 3.15. The van der Waals surface area contributed by atoms with Gasteiger partial charge in [0.1, 0.15) is 11.5 Å². The van der Waals surface area contributed by atoms with Crippen molar-refractivity contribution in [2.24, 2.45) is 5.73 Å². The molecule has 15 heavy (non-hydrogen) atoms. The Kier molecular flexibility index (Phi) is 4.04. The number of nitrogens with zero attached hydrogens (tertiary/aromatic N) is 1. The van der Waals surface area contributed by atoms with Crippen LogP contribution in [0.2, 0.25) is 0 Å². The molecule has 1 heterocycles. The number of nitrogens with two attached hydrogens (primary N) is 1. The number of likely N-dealkylation sites (tertiary alicyclic amines) is 1. The molecule has 1 rings (SSSR count). The second-order valence-corrected chi connectivity index (χ2v) is 6.18. The maximum absolute atomic E-state index is 11.5. The minimum Gasteiger partial charge on any atom is -0.392 e. The molecule has 0 aromatic rings. The van der Waals surface area contributed by atoms with Crippen LogP contribution in [0, 0.1) is 0 Å². The smallest absolute Gasteiger partial charge is 0.237 e. The van der Waals surface area contributed by atoms with Gasteiger partial charge in [0.25, 0.3) is 0 Å². The van der Waals surface area contributed by atoms with E-state index in [0.717, 1.165) is 12.8 Å². The number of carbonyl (C=O) groups is 1.